The van der Waals surface area contributed by atoms with Crippen molar-refractivity contribution in [2.24, 2.45) is 0 Å². The van der Waals surface area contributed by atoms with Crippen LogP contribution < -0.4 is 5.32 Å². The van der Waals surface area contributed by atoms with Gasteiger partial charge in [-0.25, -0.2) is 4.98 Å². The van der Waals surface area contributed by atoms with E-state index in [1.807, 2.05) is 19.2 Å². The van der Waals surface area contributed by atoms with Gasteiger partial charge in [0.1, 0.15) is 11.8 Å². The van der Waals surface area contributed by atoms with Crippen molar-refractivity contribution < 1.29 is 4.79 Å². The van der Waals surface area contributed by atoms with Crippen molar-refractivity contribution in [2.75, 3.05) is 13.6 Å². The van der Waals surface area contributed by atoms with Gasteiger partial charge in [-0.1, -0.05) is 0 Å². The zero-order valence-electron chi connectivity index (χ0n) is 10.4. The van der Waals surface area contributed by atoms with E-state index in [0.717, 1.165) is 18.5 Å². The minimum absolute atomic E-state index is 0.212. The van der Waals surface area contributed by atoms with E-state index in [9.17, 15) is 4.79 Å². The third-order valence-electron chi connectivity index (χ3n) is 3.16. The van der Waals surface area contributed by atoms with Crippen LogP contribution in [0, 0.1) is 11.3 Å². The number of nitrogens with zero attached hydrogens (tertiary/aromatic N) is 3. The number of likely N-dealkylation sites (N-methyl/N-ethyl adjacent to an activating group) is 1. The highest BCUT2D eigenvalue weighted by Crippen LogP contribution is 2.10. The topological polar surface area (TPSA) is 69.0 Å². The van der Waals surface area contributed by atoms with E-state index >= 15 is 0 Å². The van der Waals surface area contributed by atoms with Crippen LogP contribution in [0.15, 0.2) is 18.3 Å². The van der Waals surface area contributed by atoms with Gasteiger partial charge in [0.15, 0.2) is 0 Å². The average molecular weight is 244 g/mol. The fraction of sp³-hybridized carbons (Fsp3) is 0.462. The number of carbonyl (C=O) groups excluding carboxylic acids is 1. The SMILES string of the molecule is CN1CC(NCc2ccnc(C#N)c2)CCC1=O. The summed E-state index contributed by atoms with van der Waals surface area (Å²) in [6, 6.07) is 6.03. The van der Waals surface area contributed by atoms with Crippen LogP contribution in [0.5, 0.6) is 0 Å². The van der Waals surface area contributed by atoms with Crippen molar-refractivity contribution in [3.63, 3.8) is 0 Å². The molecule has 1 amide bonds. The number of nitrogens with one attached hydrogen (secondary N) is 1. The Labute approximate surface area is 106 Å². The Morgan fingerprint density at radius 1 is 1.67 bits per heavy atom. The Hall–Kier alpha value is -1.93. The molecule has 94 valence electrons. The summed E-state index contributed by atoms with van der Waals surface area (Å²) in [6.07, 6.45) is 3.12. The maximum Gasteiger partial charge on any atom is 0.222 e. The van der Waals surface area contributed by atoms with Crippen LogP contribution in [0.2, 0.25) is 0 Å². The van der Waals surface area contributed by atoms with Crippen molar-refractivity contribution in [1.29, 1.82) is 5.26 Å². The molecule has 2 heterocycles. The van der Waals surface area contributed by atoms with Gasteiger partial charge < -0.3 is 10.2 Å². The van der Waals surface area contributed by atoms with Crippen molar-refractivity contribution in [3.8, 4) is 6.07 Å². The Kier molecular flexibility index (Phi) is 3.90. The van der Waals surface area contributed by atoms with Gasteiger partial charge in [-0.3, -0.25) is 4.79 Å². The summed E-state index contributed by atoms with van der Waals surface area (Å²) in [6.45, 7) is 1.44. The number of amides is 1. The second kappa shape index (κ2) is 5.61. The minimum Gasteiger partial charge on any atom is -0.344 e. The molecule has 1 saturated heterocycles. The van der Waals surface area contributed by atoms with E-state index in [4.69, 9.17) is 5.26 Å². The minimum atomic E-state index is 0.212. The maximum atomic E-state index is 11.4. The summed E-state index contributed by atoms with van der Waals surface area (Å²) in [5.41, 5.74) is 1.48. The molecule has 0 aromatic carbocycles. The normalized spacial score (nSPS) is 19.7. The summed E-state index contributed by atoms with van der Waals surface area (Å²) in [7, 11) is 1.83. The van der Waals surface area contributed by atoms with Crippen molar-refractivity contribution in [3.05, 3.63) is 29.6 Å². The molecule has 18 heavy (non-hydrogen) atoms. The molecule has 0 spiro atoms. The fourth-order valence-electron chi connectivity index (χ4n) is 2.09. The van der Waals surface area contributed by atoms with Crippen LogP contribution in [0.3, 0.4) is 0 Å². The molecular weight excluding hydrogens is 228 g/mol. The molecule has 1 aromatic rings. The zero-order valence-corrected chi connectivity index (χ0v) is 10.4. The number of hydrogen-bond acceptors (Lipinski definition) is 4. The third kappa shape index (κ3) is 3.05. The predicted molar refractivity (Wildman–Crippen MR) is 66.5 cm³/mol. The molecule has 5 nitrogen and oxygen atoms in total. The lowest BCUT2D eigenvalue weighted by molar-refractivity contribution is -0.132. The smallest absolute Gasteiger partial charge is 0.222 e. The highest BCUT2D eigenvalue weighted by molar-refractivity contribution is 5.76. The quantitative estimate of drug-likeness (QED) is 0.848. The van der Waals surface area contributed by atoms with Gasteiger partial charge in [-0.2, -0.15) is 5.26 Å². The van der Waals surface area contributed by atoms with Crippen LogP contribution in [-0.2, 0) is 11.3 Å². The van der Waals surface area contributed by atoms with Crippen LogP contribution in [0.1, 0.15) is 24.1 Å². The largest absolute Gasteiger partial charge is 0.344 e. The molecular formula is C13H16N4O. The third-order valence-corrected chi connectivity index (χ3v) is 3.16. The van der Waals surface area contributed by atoms with Crippen LogP contribution in [0.4, 0.5) is 0 Å². The lowest BCUT2D eigenvalue weighted by atomic mass is 10.1. The number of rotatable bonds is 3. The average Bonchev–Trinajstić information content (AvgIpc) is 2.40. The first kappa shape index (κ1) is 12.5. The molecule has 0 aliphatic carbocycles. The van der Waals surface area contributed by atoms with Crippen molar-refractivity contribution >= 4 is 5.91 Å². The number of nitriles is 1. The number of hydrogen-bond donors (Lipinski definition) is 1. The van der Waals surface area contributed by atoms with Gasteiger partial charge in [0.05, 0.1) is 0 Å². The Morgan fingerprint density at radius 3 is 3.22 bits per heavy atom. The Balaban J connectivity index is 1.88. The number of piperidine rings is 1. The molecule has 1 aliphatic rings. The summed E-state index contributed by atoms with van der Waals surface area (Å²) >= 11 is 0. The van der Waals surface area contributed by atoms with E-state index < -0.39 is 0 Å². The van der Waals surface area contributed by atoms with Gasteiger partial charge in [-0.05, 0) is 24.1 Å². The van der Waals surface area contributed by atoms with Gasteiger partial charge in [0.2, 0.25) is 5.91 Å². The van der Waals surface area contributed by atoms with Gasteiger partial charge in [-0.15, -0.1) is 0 Å². The van der Waals surface area contributed by atoms with Crippen LogP contribution in [-0.4, -0.2) is 35.4 Å². The molecule has 0 saturated carbocycles. The molecule has 1 aliphatic heterocycles. The molecule has 5 heteroatoms. The Morgan fingerprint density at radius 2 is 2.50 bits per heavy atom. The second-order valence-corrected chi connectivity index (χ2v) is 4.55. The zero-order chi connectivity index (χ0) is 13.0. The van der Waals surface area contributed by atoms with Crippen LogP contribution in [0.25, 0.3) is 0 Å². The monoisotopic (exact) mass is 244 g/mol. The molecule has 1 aromatic heterocycles. The lowest BCUT2D eigenvalue weighted by Crippen LogP contribution is -2.46. The van der Waals surface area contributed by atoms with E-state index in [-0.39, 0.29) is 5.91 Å². The van der Waals surface area contributed by atoms with Crippen molar-refractivity contribution in [2.45, 2.75) is 25.4 Å². The lowest BCUT2D eigenvalue weighted by Gasteiger charge is -2.30. The molecule has 0 radical (unpaired) electrons. The Bertz CT molecular complexity index is 480. The van der Waals surface area contributed by atoms with E-state index in [2.05, 4.69) is 10.3 Å². The molecule has 2 rings (SSSR count). The molecule has 0 bridgehead atoms. The highest BCUT2D eigenvalue weighted by atomic mass is 16.2. The highest BCUT2D eigenvalue weighted by Gasteiger charge is 2.22. The first-order valence-electron chi connectivity index (χ1n) is 6.01. The van der Waals surface area contributed by atoms with Gasteiger partial charge in [0, 0.05) is 38.8 Å². The molecule has 1 N–H and O–H groups in total. The summed E-state index contributed by atoms with van der Waals surface area (Å²) in [4.78, 5) is 17.0. The first-order chi connectivity index (χ1) is 8.69. The predicted octanol–water partition coefficient (Wildman–Crippen LogP) is 0.664. The number of aromatic nitrogens is 1. The number of pyridine rings is 1. The summed E-state index contributed by atoms with van der Waals surface area (Å²) in [5.74, 6) is 0.212. The summed E-state index contributed by atoms with van der Waals surface area (Å²) < 4.78 is 0. The summed E-state index contributed by atoms with van der Waals surface area (Å²) in [5, 5.41) is 12.2. The van der Waals surface area contributed by atoms with Gasteiger partial charge >= 0.3 is 0 Å². The van der Waals surface area contributed by atoms with Crippen molar-refractivity contribution in [1.82, 2.24) is 15.2 Å². The molecule has 1 unspecified atom stereocenters. The van der Waals surface area contributed by atoms with Crippen LogP contribution >= 0.6 is 0 Å². The molecule has 1 atom stereocenters. The number of likely N-dealkylation sites (tertiary alicyclic amines) is 1. The maximum absolute atomic E-state index is 11.4. The van der Waals surface area contributed by atoms with Gasteiger partial charge in [0.25, 0.3) is 0 Å². The van der Waals surface area contributed by atoms with E-state index in [1.54, 1.807) is 17.2 Å². The van der Waals surface area contributed by atoms with E-state index in [1.165, 1.54) is 0 Å². The standard InChI is InChI=1S/C13H16N4O/c1-17-9-11(2-3-13(17)18)16-8-10-4-5-15-12(6-10)7-14/h4-6,11,16H,2-3,8-9H2,1H3. The fourth-order valence-corrected chi connectivity index (χ4v) is 2.09. The first-order valence-corrected chi connectivity index (χ1v) is 6.01. The number of carbonyl (C=O) groups is 1. The second-order valence-electron chi connectivity index (χ2n) is 4.55. The molecule has 1 fully saturated rings. The van der Waals surface area contributed by atoms with E-state index in [0.29, 0.717) is 24.7 Å².